The zero-order chi connectivity index (χ0) is 10.7. The molecule has 4 heteroatoms. The summed E-state index contributed by atoms with van der Waals surface area (Å²) < 4.78 is 18.1. The second-order valence-electron chi connectivity index (χ2n) is 2.90. The molecule has 0 aromatic carbocycles. The molecule has 2 aromatic rings. The molecule has 0 unspecified atom stereocenters. The maximum absolute atomic E-state index is 13.0. The maximum Gasteiger partial charge on any atom is 0.213 e. The number of methoxy groups -OCH3 is 1. The minimum atomic E-state index is -0.545. The lowest BCUT2D eigenvalue weighted by Gasteiger charge is -2.06. The lowest BCUT2D eigenvalue weighted by Crippen LogP contribution is -1.94. The summed E-state index contributed by atoms with van der Waals surface area (Å²) in [4.78, 5) is 7.85. The van der Waals surface area contributed by atoms with E-state index in [0.29, 0.717) is 17.1 Å². The van der Waals surface area contributed by atoms with Crippen LogP contribution in [0.3, 0.4) is 0 Å². The van der Waals surface area contributed by atoms with E-state index < -0.39 is 5.95 Å². The first kappa shape index (κ1) is 9.58. The fraction of sp³-hybridized carbons (Fsp3) is 0.0909. The first-order valence-electron chi connectivity index (χ1n) is 4.43. The van der Waals surface area contributed by atoms with Gasteiger partial charge >= 0.3 is 0 Å². The normalized spacial score (nSPS) is 10.0. The molecule has 0 spiro atoms. The van der Waals surface area contributed by atoms with Gasteiger partial charge in [-0.15, -0.1) is 0 Å². The Bertz CT molecular complexity index is 459. The summed E-state index contributed by atoms with van der Waals surface area (Å²) in [6, 6.07) is 8.14. The van der Waals surface area contributed by atoms with Gasteiger partial charge in [-0.05, 0) is 24.3 Å². The SMILES string of the molecule is COc1ccc(F)nc1-c1ccccn1. The Labute approximate surface area is 86.6 Å². The van der Waals surface area contributed by atoms with Crippen molar-refractivity contribution in [2.24, 2.45) is 0 Å². The van der Waals surface area contributed by atoms with Crippen LogP contribution in [0.2, 0.25) is 0 Å². The summed E-state index contributed by atoms with van der Waals surface area (Å²) in [5.74, 6) is -0.0356. The zero-order valence-corrected chi connectivity index (χ0v) is 8.14. The molecule has 76 valence electrons. The van der Waals surface area contributed by atoms with Crippen LogP contribution in [0.25, 0.3) is 11.4 Å². The van der Waals surface area contributed by atoms with Gasteiger partial charge in [0, 0.05) is 6.20 Å². The van der Waals surface area contributed by atoms with Crippen LogP contribution < -0.4 is 4.74 Å². The molecule has 0 aliphatic heterocycles. The van der Waals surface area contributed by atoms with E-state index in [0.717, 1.165) is 0 Å². The van der Waals surface area contributed by atoms with E-state index in [2.05, 4.69) is 9.97 Å². The van der Waals surface area contributed by atoms with Gasteiger partial charge in [-0.3, -0.25) is 4.98 Å². The van der Waals surface area contributed by atoms with Crippen LogP contribution in [-0.4, -0.2) is 17.1 Å². The van der Waals surface area contributed by atoms with Crippen LogP contribution in [0.5, 0.6) is 5.75 Å². The number of halogens is 1. The largest absolute Gasteiger partial charge is 0.494 e. The van der Waals surface area contributed by atoms with E-state index in [1.54, 1.807) is 18.3 Å². The molecule has 0 fully saturated rings. The summed E-state index contributed by atoms with van der Waals surface area (Å²) in [6.07, 6.45) is 1.63. The molecular formula is C11H9FN2O. The molecule has 0 radical (unpaired) electrons. The fourth-order valence-corrected chi connectivity index (χ4v) is 1.27. The lowest BCUT2D eigenvalue weighted by molar-refractivity contribution is 0.412. The molecule has 0 saturated heterocycles. The molecule has 0 bridgehead atoms. The predicted octanol–water partition coefficient (Wildman–Crippen LogP) is 2.29. The van der Waals surface area contributed by atoms with Crippen LogP contribution in [0.4, 0.5) is 4.39 Å². The molecular weight excluding hydrogens is 195 g/mol. The quantitative estimate of drug-likeness (QED) is 0.704. The average Bonchev–Trinajstić information content (AvgIpc) is 2.30. The van der Waals surface area contributed by atoms with Crippen LogP contribution in [0, 0.1) is 5.95 Å². The van der Waals surface area contributed by atoms with Gasteiger partial charge in [-0.1, -0.05) is 6.07 Å². The van der Waals surface area contributed by atoms with E-state index in [1.165, 1.54) is 19.2 Å². The molecule has 2 heterocycles. The van der Waals surface area contributed by atoms with Crippen molar-refractivity contribution >= 4 is 0 Å². The van der Waals surface area contributed by atoms with Gasteiger partial charge in [-0.25, -0.2) is 4.98 Å². The summed E-state index contributed by atoms with van der Waals surface area (Å²) in [6.45, 7) is 0. The molecule has 0 saturated carbocycles. The lowest BCUT2D eigenvalue weighted by atomic mass is 10.2. The van der Waals surface area contributed by atoms with Gasteiger partial charge in [0.1, 0.15) is 11.4 Å². The maximum atomic E-state index is 13.0. The first-order chi connectivity index (χ1) is 7.31. The number of aromatic nitrogens is 2. The second kappa shape index (κ2) is 4.04. The number of nitrogens with zero attached hydrogens (tertiary/aromatic N) is 2. The van der Waals surface area contributed by atoms with Crippen molar-refractivity contribution in [2.45, 2.75) is 0 Å². The van der Waals surface area contributed by atoms with Crippen LogP contribution in [-0.2, 0) is 0 Å². The van der Waals surface area contributed by atoms with Gasteiger partial charge in [0.15, 0.2) is 0 Å². The Morgan fingerprint density at radius 3 is 2.73 bits per heavy atom. The number of hydrogen-bond acceptors (Lipinski definition) is 3. The summed E-state index contributed by atoms with van der Waals surface area (Å²) in [5.41, 5.74) is 1.01. The van der Waals surface area contributed by atoms with Crippen molar-refractivity contribution in [1.82, 2.24) is 9.97 Å². The molecule has 0 aliphatic rings. The van der Waals surface area contributed by atoms with E-state index in [4.69, 9.17) is 4.74 Å². The predicted molar refractivity (Wildman–Crippen MR) is 54.0 cm³/mol. The standard InChI is InChI=1S/C11H9FN2O/c1-15-9-5-6-10(12)14-11(9)8-4-2-3-7-13-8/h2-7H,1H3. The third kappa shape index (κ3) is 1.93. The van der Waals surface area contributed by atoms with E-state index in [1.807, 2.05) is 6.07 Å². The topological polar surface area (TPSA) is 35.0 Å². The number of ether oxygens (including phenoxy) is 1. The summed E-state index contributed by atoms with van der Waals surface area (Å²) in [5, 5.41) is 0. The van der Waals surface area contributed by atoms with Crippen molar-refractivity contribution in [3.05, 3.63) is 42.5 Å². The Morgan fingerprint density at radius 1 is 1.20 bits per heavy atom. The van der Waals surface area contributed by atoms with Gasteiger partial charge in [-0.2, -0.15) is 4.39 Å². The highest BCUT2D eigenvalue weighted by Gasteiger charge is 2.09. The highest BCUT2D eigenvalue weighted by Crippen LogP contribution is 2.25. The molecule has 0 N–H and O–H groups in total. The monoisotopic (exact) mass is 204 g/mol. The van der Waals surface area contributed by atoms with Crippen molar-refractivity contribution in [2.75, 3.05) is 7.11 Å². The molecule has 2 rings (SSSR count). The van der Waals surface area contributed by atoms with Crippen molar-refractivity contribution < 1.29 is 9.13 Å². The molecule has 15 heavy (non-hydrogen) atoms. The van der Waals surface area contributed by atoms with Crippen molar-refractivity contribution in [3.8, 4) is 17.1 Å². The number of pyridine rings is 2. The average molecular weight is 204 g/mol. The smallest absolute Gasteiger partial charge is 0.213 e. The number of hydrogen-bond donors (Lipinski definition) is 0. The van der Waals surface area contributed by atoms with Gasteiger partial charge in [0.05, 0.1) is 12.8 Å². The summed E-state index contributed by atoms with van der Waals surface area (Å²) >= 11 is 0. The third-order valence-electron chi connectivity index (χ3n) is 1.95. The Balaban J connectivity index is 2.56. The first-order valence-corrected chi connectivity index (χ1v) is 4.43. The van der Waals surface area contributed by atoms with Crippen molar-refractivity contribution in [1.29, 1.82) is 0 Å². The van der Waals surface area contributed by atoms with E-state index >= 15 is 0 Å². The van der Waals surface area contributed by atoms with Crippen LogP contribution in [0.15, 0.2) is 36.5 Å². The molecule has 2 aromatic heterocycles. The second-order valence-corrected chi connectivity index (χ2v) is 2.90. The van der Waals surface area contributed by atoms with Gasteiger partial charge in [0.25, 0.3) is 0 Å². The summed E-state index contributed by atoms with van der Waals surface area (Å²) in [7, 11) is 1.52. The highest BCUT2D eigenvalue weighted by atomic mass is 19.1. The third-order valence-corrected chi connectivity index (χ3v) is 1.95. The minimum Gasteiger partial charge on any atom is -0.494 e. The number of rotatable bonds is 2. The Morgan fingerprint density at radius 2 is 2.07 bits per heavy atom. The fourth-order valence-electron chi connectivity index (χ4n) is 1.27. The molecule has 0 atom stereocenters. The minimum absolute atomic E-state index is 0.415. The van der Waals surface area contributed by atoms with Gasteiger partial charge < -0.3 is 4.74 Å². The Hall–Kier alpha value is -1.97. The van der Waals surface area contributed by atoms with Crippen LogP contribution in [0.1, 0.15) is 0 Å². The highest BCUT2D eigenvalue weighted by molar-refractivity contribution is 5.61. The molecule has 3 nitrogen and oxygen atoms in total. The van der Waals surface area contributed by atoms with Crippen LogP contribution >= 0.6 is 0 Å². The van der Waals surface area contributed by atoms with Gasteiger partial charge in [0.2, 0.25) is 5.95 Å². The van der Waals surface area contributed by atoms with E-state index in [9.17, 15) is 4.39 Å². The van der Waals surface area contributed by atoms with E-state index in [-0.39, 0.29) is 0 Å². The van der Waals surface area contributed by atoms with Crippen molar-refractivity contribution in [3.63, 3.8) is 0 Å². The Kier molecular flexibility index (Phi) is 2.58. The molecule has 0 amide bonds. The zero-order valence-electron chi connectivity index (χ0n) is 8.14. The molecule has 0 aliphatic carbocycles.